The number of carbonyl (C=O) groups is 1. The third-order valence-corrected chi connectivity index (χ3v) is 3.70. The third-order valence-electron chi connectivity index (χ3n) is 3.70. The highest BCUT2D eigenvalue weighted by atomic mass is 16.3. The van der Waals surface area contributed by atoms with E-state index in [1.165, 1.54) is 0 Å². The minimum absolute atomic E-state index is 0.0616. The standard InChI is InChI=1S/C15H21NO2/c17-11-13-8-4-5-9-14(13)16-15(18)10-12-6-2-1-3-7-12/h1-3,6-7,13-14,17H,4-5,8-11H2,(H,16,18). The molecule has 0 bridgehead atoms. The SMILES string of the molecule is O=C(Cc1ccccc1)NC1CCCCC1CO. The van der Waals surface area contributed by atoms with Crippen LogP contribution in [0, 0.1) is 5.92 Å². The van der Waals surface area contributed by atoms with Crippen LogP contribution in [0.1, 0.15) is 31.2 Å². The number of rotatable bonds is 4. The molecular formula is C15H21NO2. The van der Waals surface area contributed by atoms with Gasteiger partial charge in [0.1, 0.15) is 0 Å². The number of nitrogens with one attached hydrogen (secondary N) is 1. The van der Waals surface area contributed by atoms with Crippen molar-refractivity contribution < 1.29 is 9.90 Å². The van der Waals surface area contributed by atoms with E-state index in [2.05, 4.69) is 5.32 Å². The minimum Gasteiger partial charge on any atom is -0.396 e. The van der Waals surface area contributed by atoms with Gasteiger partial charge in [0.15, 0.2) is 0 Å². The fraction of sp³-hybridized carbons (Fsp3) is 0.533. The Balaban J connectivity index is 1.86. The summed E-state index contributed by atoms with van der Waals surface area (Å²) in [6.07, 6.45) is 4.75. The van der Waals surface area contributed by atoms with E-state index in [1.807, 2.05) is 30.3 Å². The van der Waals surface area contributed by atoms with E-state index in [9.17, 15) is 9.90 Å². The van der Waals surface area contributed by atoms with E-state index < -0.39 is 0 Å². The highest BCUT2D eigenvalue weighted by Gasteiger charge is 2.25. The predicted octanol–water partition coefficient (Wildman–Crippen LogP) is 1.90. The summed E-state index contributed by atoms with van der Waals surface area (Å²) >= 11 is 0. The van der Waals surface area contributed by atoms with E-state index in [4.69, 9.17) is 0 Å². The summed E-state index contributed by atoms with van der Waals surface area (Å²) in [5, 5.41) is 12.4. The summed E-state index contributed by atoms with van der Waals surface area (Å²) in [6.45, 7) is 0.177. The first kappa shape index (κ1) is 13.1. The summed E-state index contributed by atoms with van der Waals surface area (Å²) in [7, 11) is 0. The molecule has 1 aliphatic carbocycles. The van der Waals surface area contributed by atoms with Gasteiger partial charge in [0, 0.05) is 18.6 Å². The smallest absolute Gasteiger partial charge is 0.224 e. The lowest BCUT2D eigenvalue weighted by Gasteiger charge is -2.30. The molecule has 2 N–H and O–H groups in total. The molecule has 1 fully saturated rings. The number of hydrogen-bond acceptors (Lipinski definition) is 2. The van der Waals surface area contributed by atoms with Crippen molar-refractivity contribution >= 4 is 5.91 Å². The fourth-order valence-electron chi connectivity index (χ4n) is 2.66. The summed E-state index contributed by atoms with van der Waals surface area (Å²) < 4.78 is 0. The predicted molar refractivity (Wildman–Crippen MR) is 71.1 cm³/mol. The van der Waals surface area contributed by atoms with Gasteiger partial charge in [-0.15, -0.1) is 0 Å². The molecule has 3 nitrogen and oxygen atoms in total. The largest absolute Gasteiger partial charge is 0.396 e. The van der Waals surface area contributed by atoms with Gasteiger partial charge in [0.25, 0.3) is 0 Å². The third kappa shape index (κ3) is 3.57. The molecule has 1 aromatic rings. The van der Waals surface area contributed by atoms with Crippen LogP contribution in [0.5, 0.6) is 0 Å². The zero-order chi connectivity index (χ0) is 12.8. The second-order valence-corrected chi connectivity index (χ2v) is 5.06. The molecule has 0 saturated heterocycles. The fourth-order valence-corrected chi connectivity index (χ4v) is 2.66. The monoisotopic (exact) mass is 247 g/mol. The zero-order valence-electron chi connectivity index (χ0n) is 10.6. The molecule has 1 aliphatic rings. The Kier molecular flexibility index (Phi) is 4.76. The van der Waals surface area contributed by atoms with Crippen molar-refractivity contribution in [3.63, 3.8) is 0 Å². The molecule has 2 unspecified atom stereocenters. The lowest BCUT2D eigenvalue weighted by Crippen LogP contribution is -2.44. The molecule has 0 heterocycles. The molecule has 18 heavy (non-hydrogen) atoms. The van der Waals surface area contributed by atoms with Gasteiger partial charge < -0.3 is 10.4 Å². The van der Waals surface area contributed by atoms with Crippen molar-refractivity contribution in [3.8, 4) is 0 Å². The van der Waals surface area contributed by atoms with E-state index in [1.54, 1.807) is 0 Å². The highest BCUT2D eigenvalue weighted by Crippen LogP contribution is 2.23. The number of aliphatic hydroxyl groups excluding tert-OH is 1. The molecule has 2 atom stereocenters. The average molecular weight is 247 g/mol. The van der Waals surface area contributed by atoms with Crippen molar-refractivity contribution in [1.29, 1.82) is 0 Å². The summed E-state index contributed by atoms with van der Waals surface area (Å²) in [5.41, 5.74) is 1.03. The Bertz CT molecular complexity index is 377. The van der Waals surface area contributed by atoms with Gasteiger partial charge in [-0.2, -0.15) is 0 Å². The van der Waals surface area contributed by atoms with Gasteiger partial charge in [-0.25, -0.2) is 0 Å². The average Bonchev–Trinajstić information content (AvgIpc) is 2.40. The highest BCUT2D eigenvalue weighted by molar-refractivity contribution is 5.78. The van der Waals surface area contributed by atoms with Crippen LogP contribution < -0.4 is 5.32 Å². The van der Waals surface area contributed by atoms with Gasteiger partial charge in [0.05, 0.1) is 6.42 Å². The van der Waals surface area contributed by atoms with Crippen LogP contribution in [-0.4, -0.2) is 23.7 Å². The molecule has 1 aromatic carbocycles. The van der Waals surface area contributed by atoms with Crippen LogP contribution in [-0.2, 0) is 11.2 Å². The quantitative estimate of drug-likeness (QED) is 0.853. The van der Waals surface area contributed by atoms with E-state index >= 15 is 0 Å². The van der Waals surface area contributed by atoms with Crippen LogP contribution in [0.2, 0.25) is 0 Å². The van der Waals surface area contributed by atoms with Gasteiger partial charge in [-0.1, -0.05) is 43.2 Å². The molecule has 0 aromatic heterocycles. The topological polar surface area (TPSA) is 49.3 Å². The van der Waals surface area contributed by atoms with Gasteiger partial charge >= 0.3 is 0 Å². The molecule has 2 rings (SSSR count). The number of carbonyl (C=O) groups excluding carboxylic acids is 1. The first-order valence-corrected chi connectivity index (χ1v) is 6.73. The number of aliphatic hydroxyl groups is 1. The summed E-state index contributed by atoms with van der Waals surface area (Å²) in [5.74, 6) is 0.296. The zero-order valence-corrected chi connectivity index (χ0v) is 10.6. The van der Waals surface area contributed by atoms with Gasteiger partial charge in [-0.3, -0.25) is 4.79 Å². The van der Waals surface area contributed by atoms with Gasteiger partial charge in [0.2, 0.25) is 5.91 Å². The van der Waals surface area contributed by atoms with Crippen molar-refractivity contribution in [3.05, 3.63) is 35.9 Å². The lowest BCUT2D eigenvalue weighted by molar-refractivity contribution is -0.121. The molecule has 0 aliphatic heterocycles. The van der Waals surface area contributed by atoms with Gasteiger partial charge in [-0.05, 0) is 18.4 Å². The maximum Gasteiger partial charge on any atom is 0.224 e. The summed E-state index contributed by atoms with van der Waals surface area (Å²) in [4.78, 5) is 11.9. The minimum atomic E-state index is 0.0616. The van der Waals surface area contributed by atoms with Crippen molar-refractivity contribution in [2.75, 3.05) is 6.61 Å². The summed E-state index contributed by atoms with van der Waals surface area (Å²) in [6, 6.07) is 9.91. The second kappa shape index (κ2) is 6.55. The molecule has 1 saturated carbocycles. The molecule has 1 amide bonds. The van der Waals surface area contributed by atoms with E-state index in [0.717, 1.165) is 31.2 Å². The Labute approximate surface area is 108 Å². The normalized spacial score (nSPS) is 23.6. The van der Waals surface area contributed by atoms with Crippen LogP contribution >= 0.6 is 0 Å². The van der Waals surface area contributed by atoms with E-state index in [-0.39, 0.29) is 24.5 Å². The van der Waals surface area contributed by atoms with Crippen LogP contribution in [0.25, 0.3) is 0 Å². The van der Waals surface area contributed by atoms with E-state index in [0.29, 0.717) is 6.42 Å². The maximum absolute atomic E-state index is 11.9. The Morgan fingerprint density at radius 3 is 2.67 bits per heavy atom. The van der Waals surface area contributed by atoms with Crippen LogP contribution in [0.4, 0.5) is 0 Å². The Morgan fingerprint density at radius 1 is 1.22 bits per heavy atom. The first-order valence-electron chi connectivity index (χ1n) is 6.73. The molecular weight excluding hydrogens is 226 g/mol. The Morgan fingerprint density at radius 2 is 1.94 bits per heavy atom. The first-order chi connectivity index (χ1) is 8.79. The number of benzene rings is 1. The number of hydrogen-bond donors (Lipinski definition) is 2. The van der Waals surface area contributed by atoms with Crippen molar-refractivity contribution in [1.82, 2.24) is 5.32 Å². The van der Waals surface area contributed by atoms with Crippen LogP contribution in [0.3, 0.4) is 0 Å². The maximum atomic E-state index is 11.9. The number of amides is 1. The molecule has 0 radical (unpaired) electrons. The van der Waals surface area contributed by atoms with Crippen LogP contribution in [0.15, 0.2) is 30.3 Å². The molecule has 3 heteroatoms. The van der Waals surface area contributed by atoms with Crippen molar-refractivity contribution in [2.45, 2.75) is 38.1 Å². The van der Waals surface area contributed by atoms with Crippen molar-refractivity contribution in [2.24, 2.45) is 5.92 Å². The Hall–Kier alpha value is -1.35. The molecule has 98 valence electrons. The lowest BCUT2D eigenvalue weighted by atomic mass is 9.85. The molecule has 0 spiro atoms. The second-order valence-electron chi connectivity index (χ2n) is 5.06.